The zero-order valence-corrected chi connectivity index (χ0v) is 16.7. The van der Waals surface area contributed by atoms with Gasteiger partial charge in [-0.05, 0) is 38.8 Å². The normalized spacial score (nSPS) is 11.6. The molecule has 0 aliphatic heterocycles. The van der Waals surface area contributed by atoms with Gasteiger partial charge in [0.15, 0.2) is 5.96 Å². The molecule has 0 aliphatic rings. The Morgan fingerprint density at radius 2 is 1.96 bits per heavy atom. The van der Waals surface area contributed by atoms with Crippen molar-refractivity contribution in [3.05, 3.63) is 30.1 Å². The highest BCUT2D eigenvalue weighted by molar-refractivity contribution is 5.81. The standard InChI is InChI=1S/C20H32N6O/c1-4-12-22-19(27)11-14-24-20(21-5-2)23-13-8-15-26-16(3)25-17-9-6-7-10-18(17)26/h6-7,9-10H,4-5,8,11-15H2,1-3H3,(H,22,27)(H2,21,23,24). The highest BCUT2D eigenvalue weighted by atomic mass is 16.1. The van der Waals surface area contributed by atoms with Gasteiger partial charge >= 0.3 is 0 Å². The predicted molar refractivity (Wildman–Crippen MR) is 111 cm³/mol. The molecule has 1 heterocycles. The maximum absolute atomic E-state index is 11.7. The summed E-state index contributed by atoms with van der Waals surface area (Å²) in [5.41, 5.74) is 2.21. The predicted octanol–water partition coefficient (Wildman–Crippen LogP) is 2.21. The first-order valence-corrected chi connectivity index (χ1v) is 9.86. The molecule has 3 N–H and O–H groups in total. The molecule has 0 spiro atoms. The summed E-state index contributed by atoms with van der Waals surface area (Å²) < 4.78 is 2.24. The molecule has 1 aromatic heterocycles. The van der Waals surface area contributed by atoms with Crippen molar-refractivity contribution in [1.29, 1.82) is 0 Å². The van der Waals surface area contributed by atoms with Crippen LogP contribution in [0.2, 0.25) is 0 Å². The van der Waals surface area contributed by atoms with Gasteiger partial charge in [-0.25, -0.2) is 4.98 Å². The molecule has 0 aliphatic carbocycles. The van der Waals surface area contributed by atoms with Crippen molar-refractivity contribution in [3.8, 4) is 0 Å². The number of aromatic nitrogens is 2. The zero-order chi connectivity index (χ0) is 19.5. The molecule has 7 nitrogen and oxygen atoms in total. The molecule has 0 unspecified atom stereocenters. The summed E-state index contributed by atoms with van der Waals surface area (Å²) in [7, 11) is 0. The lowest BCUT2D eigenvalue weighted by atomic mass is 10.3. The summed E-state index contributed by atoms with van der Waals surface area (Å²) in [5, 5.41) is 9.32. The molecule has 0 bridgehead atoms. The van der Waals surface area contributed by atoms with E-state index in [-0.39, 0.29) is 5.91 Å². The van der Waals surface area contributed by atoms with Crippen LogP contribution < -0.4 is 16.0 Å². The smallest absolute Gasteiger partial charge is 0.221 e. The van der Waals surface area contributed by atoms with Gasteiger partial charge in [0.1, 0.15) is 5.82 Å². The molecule has 2 aromatic rings. The second kappa shape index (κ2) is 11.2. The Bertz CT molecular complexity index is 752. The van der Waals surface area contributed by atoms with Crippen LogP contribution in [0.3, 0.4) is 0 Å². The number of benzene rings is 1. The second-order valence-electron chi connectivity index (χ2n) is 6.44. The van der Waals surface area contributed by atoms with Crippen molar-refractivity contribution < 1.29 is 4.79 Å². The Morgan fingerprint density at radius 1 is 1.15 bits per heavy atom. The summed E-state index contributed by atoms with van der Waals surface area (Å²) in [6.45, 7) is 9.81. The number of hydrogen-bond acceptors (Lipinski definition) is 3. The minimum atomic E-state index is 0.0719. The lowest BCUT2D eigenvalue weighted by molar-refractivity contribution is -0.120. The Labute approximate surface area is 161 Å². The fraction of sp³-hybridized carbons (Fsp3) is 0.550. The number of carbonyl (C=O) groups excluding carboxylic acids is 1. The van der Waals surface area contributed by atoms with Crippen LogP contribution in [0.1, 0.15) is 38.9 Å². The summed E-state index contributed by atoms with van der Waals surface area (Å²) in [4.78, 5) is 20.9. The monoisotopic (exact) mass is 372 g/mol. The number of guanidine groups is 1. The number of imidazole rings is 1. The van der Waals surface area contributed by atoms with Crippen LogP contribution in [0.15, 0.2) is 29.3 Å². The quantitative estimate of drug-likeness (QED) is 0.339. The summed E-state index contributed by atoms with van der Waals surface area (Å²) >= 11 is 0. The number of nitrogens with zero attached hydrogens (tertiary/aromatic N) is 3. The lowest BCUT2D eigenvalue weighted by Gasteiger charge is -2.11. The van der Waals surface area contributed by atoms with Crippen LogP contribution in [0.5, 0.6) is 0 Å². The molecule has 2 rings (SSSR count). The van der Waals surface area contributed by atoms with Crippen molar-refractivity contribution >= 4 is 22.9 Å². The minimum Gasteiger partial charge on any atom is -0.357 e. The fourth-order valence-electron chi connectivity index (χ4n) is 2.89. The van der Waals surface area contributed by atoms with E-state index in [1.54, 1.807) is 0 Å². The van der Waals surface area contributed by atoms with E-state index >= 15 is 0 Å². The number of para-hydroxylation sites is 2. The maximum atomic E-state index is 11.7. The van der Waals surface area contributed by atoms with E-state index in [2.05, 4.69) is 36.6 Å². The van der Waals surface area contributed by atoms with Gasteiger partial charge in [-0.15, -0.1) is 0 Å². The van der Waals surface area contributed by atoms with Crippen molar-refractivity contribution in [2.75, 3.05) is 26.2 Å². The zero-order valence-electron chi connectivity index (χ0n) is 16.7. The third-order valence-electron chi connectivity index (χ3n) is 4.22. The van der Waals surface area contributed by atoms with Crippen molar-refractivity contribution in [2.45, 2.75) is 46.6 Å². The van der Waals surface area contributed by atoms with E-state index in [1.165, 1.54) is 5.52 Å². The Kier molecular flexibility index (Phi) is 8.61. The number of rotatable bonds is 10. The van der Waals surface area contributed by atoms with E-state index in [9.17, 15) is 4.79 Å². The SMILES string of the molecule is CCCNC(=O)CCNC(=NCCCn1c(C)nc2ccccc21)NCC. The largest absolute Gasteiger partial charge is 0.357 e. The van der Waals surface area contributed by atoms with E-state index in [0.717, 1.165) is 49.8 Å². The molecule has 7 heteroatoms. The lowest BCUT2D eigenvalue weighted by Crippen LogP contribution is -2.39. The van der Waals surface area contributed by atoms with Crippen LogP contribution in [-0.4, -0.2) is 47.6 Å². The molecule has 0 atom stereocenters. The van der Waals surface area contributed by atoms with Gasteiger partial charge in [-0.2, -0.15) is 0 Å². The second-order valence-corrected chi connectivity index (χ2v) is 6.44. The summed E-state index contributed by atoms with van der Waals surface area (Å²) in [6.07, 6.45) is 2.33. The average molecular weight is 373 g/mol. The van der Waals surface area contributed by atoms with E-state index in [1.807, 2.05) is 39.0 Å². The Balaban J connectivity index is 1.80. The van der Waals surface area contributed by atoms with E-state index in [4.69, 9.17) is 0 Å². The molecule has 0 radical (unpaired) electrons. The molecule has 148 valence electrons. The first-order valence-electron chi connectivity index (χ1n) is 9.86. The molecule has 1 amide bonds. The Hall–Kier alpha value is -2.57. The maximum Gasteiger partial charge on any atom is 0.221 e. The van der Waals surface area contributed by atoms with E-state index in [0.29, 0.717) is 19.5 Å². The van der Waals surface area contributed by atoms with Gasteiger partial charge < -0.3 is 20.5 Å². The molecular formula is C20H32N6O. The third-order valence-corrected chi connectivity index (χ3v) is 4.22. The van der Waals surface area contributed by atoms with Crippen molar-refractivity contribution in [1.82, 2.24) is 25.5 Å². The van der Waals surface area contributed by atoms with Crippen LogP contribution in [0.4, 0.5) is 0 Å². The first-order chi connectivity index (χ1) is 13.2. The highest BCUT2D eigenvalue weighted by Crippen LogP contribution is 2.15. The van der Waals surface area contributed by atoms with Gasteiger partial charge in [0.25, 0.3) is 0 Å². The first kappa shape index (κ1) is 20.7. The number of fused-ring (bicyclic) bond motifs is 1. The average Bonchev–Trinajstić information content (AvgIpc) is 2.98. The van der Waals surface area contributed by atoms with Gasteiger partial charge in [-0.3, -0.25) is 9.79 Å². The van der Waals surface area contributed by atoms with Crippen molar-refractivity contribution in [3.63, 3.8) is 0 Å². The van der Waals surface area contributed by atoms with Gasteiger partial charge in [0, 0.05) is 39.1 Å². The molecular weight excluding hydrogens is 340 g/mol. The number of nitrogens with one attached hydrogen (secondary N) is 3. The number of aliphatic imine (C=N–C) groups is 1. The van der Waals surface area contributed by atoms with Crippen LogP contribution >= 0.6 is 0 Å². The fourth-order valence-corrected chi connectivity index (χ4v) is 2.89. The summed E-state index contributed by atoms with van der Waals surface area (Å²) in [6, 6.07) is 8.21. The highest BCUT2D eigenvalue weighted by Gasteiger charge is 2.06. The van der Waals surface area contributed by atoms with Gasteiger partial charge in [0.05, 0.1) is 11.0 Å². The molecule has 1 aromatic carbocycles. The molecule has 0 fully saturated rings. The van der Waals surface area contributed by atoms with Crippen LogP contribution in [-0.2, 0) is 11.3 Å². The molecule has 27 heavy (non-hydrogen) atoms. The third kappa shape index (κ3) is 6.58. The Morgan fingerprint density at radius 3 is 2.74 bits per heavy atom. The van der Waals surface area contributed by atoms with Crippen LogP contribution in [0, 0.1) is 6.92 Å². The summed E-state index contributed by atoms with van der Waals surface area (Å²) in [5.74, 6) is 1.86. The van der Waals surface area contributed by atoms with Gasteiger partial charge in [0.2, 0.25) is 5.91 Å². The number of amides is 1. The van der Waals surface area contributed by atoms with Crippen LogP contribution in [0.25, 0.3) is 11.0 Å². The molecule has 0 saturated heterocycles. The molecule has 0 saturated carbocycles. The van der Waals surface area contributed by atoms with Crippen molar-refractivity contribution in [2.24, 2.45) is 4.99 Å². The minimum absolute atomic E-state index is 0.0719. The number of carbonyl (C=O) groups is 1. The number of hydrogen-bond donors (Lipinski definition) is 3. The van der Waals surface area contributed by atoms with Gasteiger partial charge in [-0.1, -0.05) is 19.1 Å². The number of aryl methyl sites for hydroxylation is 2. The topological polar surface area (TPSA) is 83.3 Å². The van der Waals surface area contributed by atoms with E-state index < -0.39 is 0 Å².